The molecule has 0 amide bonds. The molecule has 3 N–H and O–H groups in total. The number of hydrogen-bond donors (Lipinski definition) is 2. The highest BCUT2D eigenvalue weighted by Gasteiger charge is 2.09. The minimum absolute atomic E-state index is 0.113. The van der Waals surface area contributed by atoms with Gasteiger partial charge in [0.15, 0.2) is 0 Å². The Kier molecular flexibility index (Phi) is 6.04. The standard InChI is InChI=1S/C12H18N2O3S2/c1-2-3-7-19(15,16)14-10-5-4-6-11(8-10)17-9-12(13)18/h4-6,8,14H,2-3,7,9H2,1H3,(H2,13,18). The Balaban J connectivity index is 2.68. The SMILES string of the molecule is CCCCS(=O)(=O)Nc1cccc(OCC(N)=S)c1. The van der Waals surface area contributed by atoms with E-state index in [1.54, 1.807) is 24.3 Å². The number of nitrogens with two attached hydrogens (primary N) is 1. The van der Waals surface area contributed by atoms with Crippen molar-refractivity contribution in [3.8, 4) is 5.75 Å². The van der Waals surface area contributed by atoms with Gasteiger partial charge in [-0.1, -0.05) is 31.6 Å². The second-order valence-electron chi connectivity index (χ2n) is 4.06. The third kappa shape index (κ3) is 6.40. The first kappa shape index (κ1) is 15.7. The van der Waals surface area contributed by atoms with Gasteiger partial charge in [-0.25, -0.2) is 8.42 Å². The summed E-state index contributed by atoms with van der Waals surface area (Å²) in [4.78, 5) is 0.244. The Labute approximate surface area is 119 Å². The van der Waals surface area contributed by atoms with Crippen molar-refractivity contribution < 1.29 is 13.2 Å². The highest BCUT2D eigenvalue weighted by molar-refractivity contribution is 7.92. The van der Waals surface area contributed by atoms with Crippen LogP contribution in [0.2, 0.25) is 0 Å². The summed E-state index contributed by atoms with van der Waals surface area (Å²) in [7, 11) is -3.30. The molecule has 0 spiro atoms. The van der Waals surface area contributed by atoms with Gasteiger partial charge < -0.3 is 10.5 Å². The molecular weight excluding hydrogens is 284 g/mol. The molecule has 0 aliphatic rings. The molecule has 0 unspecified atom stereocenters. The van der Waals surface area contributed by atoms with Crippen LogP contribution in [0.25, 0.3) is 0 Å². The molecule has 0 heterocycles. The maximum atomic E-state index is 11.7. The van der Waals surface area contributed by atoms with Crippen molar-refractivity contribution in [2.75, 3.05) is 17.1 Å². The molecule has 0 radical (unpaired) electrons. The lowest BCUT2D eigenvalue weighted by molar-refractivity contribution is 0.378. The number of ether oxygens (including phenoxy) is 1. The molecule has 19 heavy (non-hydrogen) atoms. The van der Waals surface area contributed by atoms with Crippen LogP contribution in [0, 0.1) is 0 Å². The van der Waals surface area contributed by atoms with E-state index in [1.807, 2.05) is 6.92 Å². The minimum atomic E-state index is -3.30. The molecule has 5 nitrogen and oxygen atoms in total. The molecule has 1 aromatic carbocycles. The van der Waals surface area contributed by atoms with Gasteiger partial charge in [-0.05, 0) is 18.6 Å². The highest BCUT2D eigenvalue weighted by Crippen LogP contribution is 2.18. The van der Waals surface area contributed by atoms with E-state index in [-0.39, 0.29) is 17.3 Å². The summed E-state index contributed by atoms with van der Waals surface area (Å²) in [5.74, 6) is 0.630. The molecule has 106 valence electrons. The number of rotatable bonds is 8. The number of unbranched alkanes of at least 4 members (excludes halogenated alkanes) is 1. The summed E-state index contributed by atoms with van der Waals surface area (Å²) < 4.78 is 31.3. The first-order valence-electron chi connectivity index (χ1n) is 5.94. The zero-order valence-electron chi connectivity index (χ0n) is 10.8. The number of hydrogen-bond acceptors (Lipinski definition) is 4. The van der Waals surface area contributed by atoms with E-state index in [4.69, 9.17) is 22.7 Å². The van der Waals surface area contributed by atoms with Crippen LogP contribution in [0.5, 0.6) is 5.75 Å². The highest BCUT2D eigenvalue weighted by atomic mass is 32.2. The summed E-state index contributed by atoms with van der Waals surface area (Å²) in [6.07, 6.45) is 1.46. The van der Waals surface area contributed by atoms with Gasteiger partial charge in [0, 0.05) is 6.07 Å². The molecule has 1 rings (SSSR count). The maximum absolute atomic E-state index is 11.7. The van der Waals surface area contributed by atoms with E-state index < -0.39 is 10.0 Å². The average molecular weight is 302 g/mol. The lowest BCUT2D eigenvalue weighted by Crippen LogP contribution is -2.18. The van der Waals surface area contributed by atoms with E-state index in [0.29, 0.717) is 17.9 Å². The van der Waals surface area contributed by atoms with E-state index in [1.165, 1.54) is 0 Å². The molecule has 0 fully saturated rings. The summed E-state index contributed by atoms with van der Waals surface area (Å²) in [5, 5.41) is 0. The van der Waals surface area contributed by atoms with Crippen molar-refractivity contribution in [3.63, 3.8) is 0 Å². The largest absolute Gasteiger partial charge is 0.486 e. The van der Waals surface area contributed by atoms with Crippen LogP contribution in [0.1, 0.15) is 19.8 Å². The van der Waals surface area contributed by atoms with Crippen molar-refractivity contribution in [1.82, 2.24) is 0 Å². The minimum Gasteiger partial charge on any atom is -0.486 e. The van der Waals surface area contributed by atoms with Gasteiger partial charge in [0.25, 0.3) is 0 Å². The van der Waals surface area contributed by atoms with Crippen molar-refractivity contribution in [1.29, 1.82) is 0 Å². The van der Waals surface area contributed by atoms with Crippen LogP contribution in [0.15, 0.2) is 24.3 Å². The maximum Gasteiger partial charge on any atom is 0.232 e. The second kappa shape index (κ2) is 7.30. The van der Waals surface area contributed by atoms with E-state index in [2.05, 4.69) is 4.72 Å². The lowest BCUT2D eigenvalue weighted by Gasteiger charge is -2.10. The first-order chi connectivity index (χ1) is 8.93. The van der Waals surface area contributed by atoms with Gasteiger partial charge in [-0.3, -0.25) is 4.72 Å². The smallest absolute Gasteiger partial charge is 0.232 e. The number of thiocarbonyl (C=S) groups is 1. The molecule has 0 aliphatic carbocycles. The third-order valence-corrected chi connectivity index (χ3v) is 3.75. The van der Waals surface area contributed by atoms with Crippen molar-refractivity contribution in [2.45, 2.75) is 19.8 Å². The number of nitrogens with one attached hydrogen (secondary N) is 1. The zero-order chi connectivity index (χ0) is 14.3. The van der Waals surface area contributed by atoms with Gasteiger partial charge in [0.05, 0.1) is 11.4 Å². The fraction of sp³-hybridized carbons (Fsp3) is 0.417. The lowest BCUT2D eigenvalue weighted by atomic mass is 10.3. The zero-order valence-corrected chi connectivity index (χ0v) is 12.4. The molecule has 0 aliphatic heterocycles. The predicted molar refractivity (Wildman–Crippen MR) is 81.0 cm³/mol. The fourth-order valence-corrected chi connectivity index (χ4v) is 2.68. The predicted octanol–water partition coefficient (Wildman–Crippen LogP) is 1.89. The Morgan fingerprint density at radius 1 is 1.47 bits per heavy atom. The summed E-state index contributed by atoms with van der Waals surface area (Å²) in [6.45, 7) is 2.07. The van der Waals surface area contributed by atoms with Crippen LogP contribution in [0.4, 0.5) is 5.69 Å². The molecule has 0 saturated heterocycles. The molecular formula is C12H18N2O3S2. The first-order valence-corrected chi connectivity index (χ1v) is 8.00. The molecule has 0 atom stereocenters. The van der Waals surface area contributed by atoms with Crippen LogP contribution in [-0.4, -0.2) is 25.8 Å². The Bertz CT molecular complexity index is 530. The molecule has 0 saturated carbocycles. The second-order valence-corrected chi connectivity index (χ2v) is 6.42. The monoisotopic (exact) mass is 302 g/mol. The Hall–Kier alpha value is -1.34. The van der Waals surface area contributed by atoms with E-state index in [9.17, 15) is 8.42 Å². The summed E-state index contributed by atoms with van der Waals surface area (Å²) in [6, 6.07) is 6.67. The summed E-state index contributed by atoms with van der Waals surface area (Å²) in [5.41, 5.74) is 5.80. The number of anilines is 1. The van der Waals surface area contributed by atoms with Crippen LogP contribution in [-0.2, 0) is 10.0 Å². The van der Waals surface area contributed by atoms with Crippen LogP contribution >= 0.6 is 12.2 Å². The molecule has 0 bridgehead atoms. The van der Waals surface area contributed by atoms with E-state index in [0.717, 1.165) is 6.42 Å². The van der Waals surface area contributed by atoms with Crippen LogP contribution < -0.4 is 15.2 Å². The third-order valence-electron chi connectivity index (χ3n) is 2.26. The average Bonchev–Trinajstić information content (AvgIpc) is 2.34. The van der Waals surface area contributed by atoms with Gasteiger partial charge >= 0.3 is 0 Å². The van der Waals surface area contributed by atoms with Crippen LogP contribution in [0.3, 0.4) is 0 Å². The summed E-state index contributed by atoms with van der Waals surface area (Å²) >= 11 is 4.70. The number of sulfonamides is 1. The molecule has 0 aromatic heterocycles. The Morgan fingerprint density at radius 2 is 2.21 bits per heavy atom. The van der Waals surface area contributed by atoms with Gasteiger partial charge in [-0.15, -0.1) is 0 Å². The fourth-order valence-electron chi connectivity index (χ4n) is 1.37. The quantitative estimate of drug-likeness (QED) is 0.717. The van der Waals surface area contributed by atoms with Gasteiger partial charge in [0.2, 0.25) is 10.0 Å². The normalized spacial score (nSPS) is 11.0. The van der Waals surface area contributed by atoms with Crippen molar-refractivity contribution in [3.05, 3.63) is 24.3 Å². The van der Waals surface area contributed by atoms with Gasteiger partial charge in [-0.2, -0.15) is 0 Å². The number of benzene rings is 1. The van der Waals surface area contributed by atoms with Crippen molar-refractivity contribution >= 4 is 32.9 Å². The topological polar surface area (TPSA) is 81.4 Å². The van der Waals surface area contributed by atoms with Gasteiger partial charge in [0.1, 0.15) is 17.3 Å². The van der Waals surface area contributed by atoms with E-state index >= 15 is 0 Å². The molecule has 7 heteroatoms. The van der Waals surface area contributed by atoms with Crippen molar-refractivity contribution in [2.24, 2.45) is 5.73 Å². The Morgan fingerprint density at radius 3 is 2.84 bits per heavy atom. The molecule has 1 aromatic rings.